The molecule has 200 valence electrons. The van der Waals surface area contributed by atoms with Crippen molar-refractivity contribution in [2.45, 2.75) is 43.6 Å². The minimum absolute atomic E-state index is 0.205. The van der Waals surface area contributed by atoms with E-state index in [9.17, 15) is 36.6 Å². The summed E-state index contributed by atoms with van der Waals surface area (Å²) in [6.07, 6.45) is -1.51. The minimum atomic E-state index is -5.13. The third-order valence-corrected chi connectivity index (χ3v) is 6.89. The van der Waals surface area contributed by atoms with Gasteiger partial charge in [0.05, 0.1) is 18.7 Å². The summed E-state index contributed by atoms with van der Waals surface area (Å²) >= 11 is 0. The van der Waals surface area contributed by atoms with Gasteiger partial charge in [-0.1, -0.05) is 24.3 Å². The van der Waals surface area contributed by atoms with Crippen molar-refractivity contribution in [3.63, 3.8) is 0 Å². The number of rotatable bonds is 6. The quantitative estimate of drug-likeness (QED) is 0.495. The Morgan fingerprint density at radius 1 is 1.24 bits per heavy atom. The second-order valence-corrected chi connectivity index (χ2v) is 9.28. The van der Waals surface area contributed by atoms with Crippen LogP contribution in [0.15, 0.2) is 53.8 Å². The van der Waals surface area contributed by atoms with Crippen molar-refractivity contribution >= 4 is 11.8 Å². The van der Waals surface area contributed by atoms with Crippen LogP contribution in [0.4, 0.5) is 22.0 Å². The lowest BCUT2D eigenvalue weighted by molar-refractivity contribution is -0.152. The van der Waals surface area contributed by atoms with Crippen LogP contribution in [0.2, 0.25) is 0 Å². The van der Waals surface area contributed by atoms with Crippen molar-refractivity contribution in [3.05, 3.63) is 64.9 Å². The molecule has 2 amide bonds. The molecule has 3 unspecified atom stereocenters. The standard InChI is InChI=1S/C25H26F5N3O4/c1-13-3-8-20(21(34)32-13)33-12-15-9-14(4-6-17(15)22(33)35)11-31-23(36)24(26,27)18-7-5-16(37-2)10-19(18)25(28,29)30/h4-7,10,15,20,22,35H,1,3,8-9,11-12H2,2H3,(H,31,36)(H,32,34). The van der Waals surface area contributed by atoms with Gasteiger partial charge in [0.2, 0.25) is 5.91 Å². The first-order valence-electron chi connectivity index (χ1n) is 11.6. The Morgan fingerprint density at radius 3 is 2.62 bits per heavy atom. The first kappa shape index (κ1) is 26.8. The molecule has 1 aliphatic carbocycles. The number of amides is 2. The SMILES string of the molecule is C=C1CCC(N2CC3CC(CNC(=O)C(F)(F)c4ccc(OC)cc4C(F)(F)F)=CC=C3C2O)C(=O)N1. The lowest BCUT2D eigenvalue weighted by Crippen LogP contribution is -2.51. The number of fused-ring (bicyclic) bond motifs is 1. The number of carbonyl (C=O) groups is 2. The fourth-order valence-electron chi connectivity index (χ4n) is 4.96. The number of hydrogen-bond acceptors (Lipinski definition) is 5. The second-order valence-electron chi connectivity index (χ2n) is 9.28. The van der Waals surface area contributed by atoms with Crippen LogP contribution in [0, 0.1) is 5.92 Å². The summed E-state index contributed by atoms with van der Waals surface area (Å²) in [7, 11) is 1.10. The topological polar surface area (TPSA) is 90.9 Å². The van der Waals surface area contributed by atoms with E-state index in [-0.39, 0.29) is 24.1 Å². The molecule has 0 saturated carbocycles. The Balaban J connectivity index is 1.42. The van der Waals surface area contributed by atoms with Crippen molar-refractivity contribution in [1.82, 2.24) is 15.5 Å². The number of nitrogens with zero attached hydrogens (tertiary/aromatic N) is 1. The average Bonchev–Trinajstić information content (AvgIpc) is 3.16. The van der Waals surface area contributed by atoms with Crippen LogP contribution in [0.25, 0.3) is 0 Å². The van der Waals surface area contributed by atoms with Crippen LogP contribution in [-0.2, 0) is 21.7 Å². The highest BCUT2D eigenvalue weighted by molar-refractivity contribution is 5.86. The Labute approximate surface area is 209 Å². The van der Waals surface area contributed by atoms with Crippen molar-refractivity contribution in [2.75, 3.05) is 20.2 Å². The largest absolute Gasteiger partial charge is 0.497 e. The van der Waals surface area contributed by atoms with E-state index in [1.54, 1.807) is 17.1 Å². The van der Waals surface area contributed by atoms with Gasteiger partial charge in [-0.2, -0.15) is 22.0 Å². The number of ether oxygens (including phenoxy) is 1. The molecular formula is C25H26F5N3O4. The molecule has 2 heterocycles. The van der Waals surface area contributed by atoms with Crippen LogP contribution in [0.5, 0.6) is 5.75 Å². The number of allylic oxidation sites excluding steroid dienone is 3. The molecule has 2 saturated heterocycles. The van der Waals surface area contributed by atoms with E-state index in [1.807, 2.05) is 5.32 Å². The van der Waals surface area contributed by atoms with Gasteiger partial charge >= 0.3 is 12.1 Å². The van der Waals surface area contributed by atoms with E-state index in [2.05, 4.69) is 11.9 Å². The van der Waals surface area contributed by atoms with Crippen molar-refractivity contribution in [2.24, 2.45) is 5.92 Å². The highest BCUT2D eigenvalue weighted by Crippen LogP contribution is 2.42. The van der Waals surface area contributed by atoms with Crippen molar-refractivity contribution < 1.29 is 41.4 Å². The molecule has 0 aromatic heterocycles. The first-order chi connectivity index (χ1) is 17.3. The molecule has 37 heavy (non-hydrogen) atoms. The summed E-state index contributed by atoms with van der Waals surface area (Å²) in [6.45, 7) is 3.77. The summed E-state index contributed by atoms with van der Waals surface area (Å²) in [5.41, 5.74) is -1.29. The molecule has 3 atom stereocenters. The fraction of sp³-hybridized carbons (Fsp3) is 0.440. The van der Waals surface area contributed by atoms with Gasteiger partial charge in [-0.15, -0.1) is 0 Å². The smallest absolute Gasteiger partial charge is 0.417 e. The van der Waals surface area contributed by atoms with E-state index < -0.39 is 41.4 Å². The number of benzene rings is 1. The van der Waals surface area contributed by atoms with Gasteiger partial charge in [0.1, 0.15) is 12.0 Å². The molecule has 7 nitrogen and oxygen atoms in total. The molecule has 0 spiro atoms. The highest BCUT2D eigenvalue weighted by Gasteiger charge is 2.48. The Bertz CT molecular complexity index is 1180. The third kappa shape index (κ3) is 5.26. The van der Waals surface area contributed by atoms with Crippen LogP contribution in [0.1, 0.15) is 30.4 Å². The number of likely N-dealkylation sites (tertiary alicyclic amines) is 1. The van der Waals surface area contributed by atoms with E-state index >= 15 is 0 Å². The Morgan fingerprint density at radius 2 is 1.97 bits per heavy atom. The number of nitrogens with one attached hydrogen (secondary N) is 2. The predicted molar refractivity (Wildman–Crippen MR) is 122 cm³/mol. The van der Waals surface area contributed by atoms with Crippen LogP contribution < -0.4 is 15.4 Å². The number of hydrogen-bond donors (Lipinski definition) is 3. The van der Waals surface area contributed by atoms with Gasteiger partial charge < -0.3 is 20.5 Å². The minimum Gasteiger partial charge on any atom is -0.497 e. The third-order valence-electron chi connectivity index (χ3n) is 6.89. The van der Waals surface area contributed by atoms with Gasteiger partial charge in [0.25, 0.3) is 5.91 Å². The number of aliphatic hydroxyl groups is 1. The molecule has 4 rings (SSSR count). The highest BCUT2D eigenvalue weighted by atomic mass is 19.4. The van der Waals surface area contributed by atoms with E-state index in [0.717, 1.165) is 13.2 Å². The normalized spacial score (nSPS) is 24.7. The van der Waals surface area contributed by atoms with Crippen LogP contribution in [-0.4, -0.2) is 54.3 Å². The molecule has 0 radical (unpaired) electrons. The Hall–Kier alpha value is -3.25. The van der Waals surface area contributed by atoms with Gasteiger partial charge in [0, 0.05) is 30.3 Å². The zero-order valence-corrected chi connectivity index (χ0v) is 19.9. The number of carbonyl (C=O) groups excluding carboxylic acids is 2. The van der Waals surface area contributed by atoms with E-state index in [1.165, 1.54) is 0 Å². The summed E-state index contributed by atoms with van der Waals surface area (Å²) in [4.78, 5) is 26.4. The molecule has 3 N–H and O–H groups in total. The molecule has 2 fully saturated rings. The monoisotopic (exact) mass is 527 g/mol. The molecule has 12 heteroatoms. The maximum atomic E-state index is 14.8. The maximum absolute atomic E-state index is 14.8. The van der Waals surface area contributed by atoms with Crippen molar-refractivity contribution in [1.29, 1.82) is 0 Å². The number of aliphatic hydroxyl groups excluding tert-OH is 1. The predicted octanol–water partition coefficient (Wildman–Crippen LogP) is 3.22. The molecular weight excluding hydrogens is 501 g/mol. The molecule has 0 bridgehead atoms. The number of halogens is 5. The average molecular weight is 527 g/mol. The van der Waals surface area contributed by atoms with E-state index in [0.29, 0.717) is 54.8 Å². The molecule has 2 aliphatic heterocycles. The van der Waals surface area contributed by atoms with E-state index in [4.69, 9.17) is 4.74 Å². The lowest BCUT2D eigenvalue weighted by atomic mass is 9.89. The number of methoxy groups -OCH3 is 1. The van der Waals surface area contributed by atoms with Gasteiger partial charge in [-0.05, 0) is 43.0 Å². The fourth-order valence-corrected chi connectivity index (χ4v) is 4.96. The summed E-state index contributed by atoms with van der Waals surface area (Å²) in [5.74, 6) is -7.05. The van der Waals surface area contributed by atoms with Gasteiger partial charge in [-0.25, -0.2) is 0 Å². The number of alkyl halides is 5. The zero-order chi connectivity index (χ0) is 27.1. The van der Waals surface area contributed by atoms with Crippen LogP contribution >= 0.6 is 0 Å². The molecule has 3 aliphatic rings. The second kappa shape index (κ2) is 9.90. The van der Waals surface area contributed by atoms with Gasteiger partial charge in [0.15, 0.2) is 0 Å². The summed E-state index contributed by atoms with van der Waals surface area (Å²) in [5, 5.41) is 15.5. The lowest BCUT2D eigenvalue weighted by Gasteiger charge is -2.33. The van der Waals surface area contributed by atoms with Gasteiger partial charge in [-0.3, -0.25) is 14.5 Å². The first-order valence-corrected chi connectivity index (χ1v) is 11.6. The Kier molecular flexibility index (Phi) is 7.17. The number of piperidine rings is 1. The van der Waals surface area contributed by atoms with Crippen molar-refractivity contribution in [3.8, 4) is 5.75 Å². The molecule has 1 aromatic carbocycles. The zero-order valence-electron chi connectivity index (χ0n) is 19.9. The maximum Gasteiger partial charge on any atom is 0.417 e. The molecule has 1 aromatic rings. The van der Waals surface area contributed by atoms with Crippen LogP contribution in [0.3, 0.4) is 0 Å². The summed E-state index contributed by atoms with van der Waals surface area (Å²) < 4.78 is 74.6. The summed E-state index contributed by atoms with van der Waals surface area (Å²) in [6, 6.07) is 1.34.